The van der Waals surface area contributed by atoms with Crippen LogP contribution in [0.4, 0.5) is 0 Å². The minimum Gasteiger partial charge on any atom is -0.454 e. The molecular weight excluding hydrogens is 266 g/mol. The minimum atomic E-state index is 0.0263. The van der Waals surface area contributed by atoms with Crippen LogP contribution in [0, 0.1) is 0 Å². The number of hydrogen-bond acceptors (Lipinski definition) is 4. The van der Waals surface area contributed by atoms with E-state index in [1.807, 2.05) is 36.4 Å². The van der Waals surface area contributed by atoms with E-state index < -0.39 is 0 Å². The van der Waals surface area contributed by atoms with E-state index in [2.05, 4.69) is 17.4 Å². The van der Waals surface area contributed by atoms with Crippen molar-refractivity contribution in [1.82, 2.24) is 5.32 Å². The number of rotatable bonds is 2. The first-order valence-corrected chi connectivity index (χ1v) is 7.21. The molecule has 0 saturated carbocycles. The van der Waals surface area contributed by atoms with Crippen molar-refractivity contribution in [2.75, 3.05) is 19.9 Å². The standard InChI is InChI=1S/C17H17NO3/c1-2-4-12(5-3-1)16-9-18-10-17(21-16)13-6-7-14-15(8-13)20-11-19-14/h1-8,16-18H,9-11H2. The van der Waals surface area contributed by atoms with Crippen LogP contribution in [0.15, 0.2) is 48.5 Å². The molecule has 2 atom stereocenters. The van der Waals surface area contributed by atoms with E-state index in [0.717, 1.165) is 30.2 Å². The number of nitrogens with one attached hydrogen (secondary N) is 1. The summed E-state index contributed by atoms with van der Waals surface area (Å²) >= 11 is 0. The Morgan fingerprint density at radius 1 is 0.810 bits per heavy atom. The topological polar surface area (TPSA) is 39.7 Å². The highest BCUT2D eigenvalue weighted by Gasteiger charge is 2.26. The van der Waals surface area contributed by atoms with Gasteiger partial charge in [-0.05, 0) is 23.3 Å². The molecule has 2 aromatic rings. The van der Waals surface area contributed by atoms with Gasteiger partial charge < -0.3 is 19.5 Å². The second-order valence-corrected chi connectivity index (χ2v) is 5.29. The molecule has 0 bridgehead atoms. The first-order valence-electron chi connectivity index (χ1n) is 7.21. The molecule has 2 unspecified atom stereocenters. The Bertz CT molecular complexity index is 629. The Morgan fingerprint density at radius 2 is 1.57 bits per heavy atom. The molecule has 21 heavy (non-hydrogen) atoms. The number of morpholine rings is 1. The lowest BCUT2D eigenvalue weighted by atomic mass is 10.0. The Labute approximate surface area is 123 Å². The molecule has 0 aromatic heterocycles. The smallest absolute Gasteiger partial charge is 0.231 e. The molecule has 1 N–H and O–H groups in total. The summed E-state index contributed by atoms with van der Waals surface area (Å²) in [6.45, 7) is 1.95. The molecule has 0 spiro atoms. The molecule has 4 heteroatoms. The van der Waals surface area contributed by atoms with E-state index in [9.17, 15) is 0 Å². The van der Waals surface area contributed by atoms with Crippen LogP contribution in [0.2, 0.25) is 0 Å². The summed E-state index contributed by atoms with van der Waals surface area (Å²) in [6, 6.07) is 16.3. The summed E-state index contributed by atoms with van der Waals surface area (Å²) in [7, 11) is 0. The average molecular weight is 283 g/mol. The fraction of sp³-hybridized carbons (Fsp3) is 0.294. The van der Waals surface area contributed by atoms with E-state index in [0.29, 0.717) is 6.79 Å². The van der Waals surface area contributed by atoms with Gasteiger partial charge in [-0.2, -0.15) is 0 Å². The highest BCUT2D eigenvalue weighted by Crippen LogP contribution is 2.37. The predicted molar refractivity (Wildman–Crippen MR) is 78.4 cm³/mol. The van der Waals surface area contributed by atoms with Crippen molar-refractivity contribution >= 4 is 0 Å². The van der Waals surface area contributed by atoms with E-state index in [1.54, 1.807) is 0 Å². The molecule has 2 aliphatic heterocycles. The van der Waals surface area contributed by atoms with Gasteiger partial charge in [0.2, 0.25) is 6.79 Å². The third kappa shape index (κ3) is 2.48. The maximum Gasteiger partial charge on any atom is 0.231 e. The Hall–Kier alpha value is -2.04. The van der Waals surface area contributed by atoms with Gasteiger partial charge in [-0.25, -0.2) is 0 Å². The summed E-state index contributed by atoms with van der Waals surface area (Å²) in [4.78, 5) is 0. The maximum atomic E-state index is 6.26. The highest BCUT2D eigenvalue weighted by molar-refractivity contribution is 5.45. The zero-order valence-electron chi connectivity index (χ0n) is 11.6. The van der Waals surface area contributed by atoms with Crippen molar-refractivity contribution in [1.29, 1.82) is 0 Å². The van der Waals surface area contributed by atoms with Crippen molar-refractivity contribution in [3.63, 3.8) is 0 Å². The summed E-state index contributed by atoms with van der Waals surface area (Å²) in [6.07, 6.45) is 0.105. The van der Waals surface area contributed by atoms with Crippen molar-refractivity contribution < 1.29 is 14.2 Å². The van der Waals surface area contributed by atoms with Crippen LogP contribution in [0.3, 0.4) is 0 Å². The van der Waals surface area contributed by atoms with Crippen molar-refractivity contribution in [2.24, 2.45) is 0 Å². The van der Waals surface area contributed by atoms with Crippen LogP contribution >= 0.6 is 0 Å². The molecule has 108 valence electrons. The summed E-state index contributed by atoms with van der Waals surface area (Å²) in [5.74, 6) is 1.61. The van der Waals surface area contributed by atoms with Gasteiger partial charge in [0.25, 0.3) is 0 Å². The Balaban J connectivity index is 1.55. The minimum absolute atomic E-state index is 0.0263. The highest BCUT2D eigenvalue weighted by atomic mass is 16.7. The maximum absolute atomic E-state index is 6.26. The second kappa shape index (κ2) is 5.39. The van der Waals surface area contributed by atoms with Crippen molar-refractivity contribution in [2.45, 2.75) is 12.2 Å². The fourth-order valence-electron chi connectivity index (χ4n) is 2.81. The first kappa shape index (κ1) is 12.7. The molecule has 0 amide bonds. The van der Waals surface area contributed by atoms with Gasteiger partial charge in [0.05, 0.1) is 12.2 Å². The van der Waals surface area contributed by atoms with Crippen LogP contribution in [-0.4, -0.2) is 19.9 Å². The van der Waals surface area contributed by atoms with E-state index in [1.165, 1.54) is 5.56 Å². The van der Waals surface area contributed by atoms with Gasteiger partial charge in [0, 0.05) is 13.1 Å². The average Bonchev–Trinajstić information content (AvgIpc) is 3.03. The number of fused-ring (bicyclic) bond motifs is 1. The van der Waals surface area contributed by atoms with Crippen LogP contribution in [0.25, 0.3) is 0 Å². The molecule has 2 aromatic carbocycles. The zero-order valence-corrected chi connectivity index (χ0v) is 11.6. The molecule has 0 aliphatic carbocycles. The molecule has 2 heterocycles. The quantitative estimate of drug-likeness (QED) is 0.920. The number of benzene rings is 2. The summed E-state index contributed by atoms with van der Waals surface area (Å²) < 4.78 is 17.1. The van der Waals surface area contributed by atoms with Crippen molar-refractivity contribution in [3.8, 4) is 11.5 Å². The Morgan fingerprint density at radius 3 is 2.43 bits per heavy atom. The van der Waals surface area contributed by atoms with Gasteiger partial charge >= 0.3 is 0 Å². The molecular formula is C17H17NO3. The Kier molecular flexibility index (Phi) is 3.25. The van der Waals surface area contributed by atoms with Crippen LogP contribution in [-0.2, 0) is 4.74 Å². The van der Waals surface area contributed by atoms with E-state index >= 15 is 0 Å². The number of ether oxygens (including phenoxy) is 3. The molecule has 1 saturated heterocycles. The molecule has 0 radical (unpaired) electrons. The van der Waals surface area contributed by atoms with Gasteiger partial charge in [0.15, 0.2) is 11.5 Å². The largest absolute Gasteiger partial charge is 0.454 e. The fourth-order valence-corrected chi connectivity index (χ4v) is 2.81. The monoisotopic (exact) mass is 283 g/mol. The first-order chi connectivity index (χ1) is 10.4. The lowest BCUT2D eigenvalue weighted by molar-refractivity contribution is -0.0406. The third-order valence-electron chi connectivity index (χ3n) is 3.93. The molecule has 4 nitrogen and oxygen atoms in total. The predicted octanol–water partition coefficient (Wildman–Crippen LogP) is 2.82. The van der Waals surface area contributed by atoms with Gasteiger partial charge in [-0.15, -0.1) is 0 Å². The van der Waals surface area contributed by atoms with Gasteiger partial charge in [-0.3, -0.25) is 0 Å². The lowest BCUT2D eigenvalue weighted by Gasteiger charge is -2.31. The zero-order chi connectivity index (χ0) is 14.1. The lowest BCUT2D eigenvalue weighted by Crippen LogP contribution is -2.35. The van der Waals surface area contributed by atoms with Crippen LogP contribution in [0.5, 0.6) is 11.5 Å². The number of hydrogen-bond donors (Lipinski definition) is 1. The van der Waals surface area contributed by atoms with Crippen molar-refractivity contribution in [3.05, 3.63) is 59.7 Å². The normalized spacial score (nSPS) is 24.0. The van der Waals surface area contributed by atoms with Gasteiger partial charge in [0.1, 0.15) is 0 Å². The van der Waals surface area contributed by atoms with E-state index in [-0.39, 0.29) is 12.2 Å². The molecule has 4 rings (SSSR count). The van der Waals surface area contributed by atoms with Crippen LogP contribution < -0.4 is 14.8 Å². The van der Waals surface area contributed by atoms with Gasteiger partial charge in [-0.1, -0.05) is 36.4 Å². The molecule has 2 aliphatic rings. The summed E-state index contributed by atoms with van der Waals surface area (Å²) in [5.41, 5.74) is 2.32. The summed E-state index contributed by atoms with van der Waals surface area (Å²) in [5, 5.41) is 3.45. The van der Waals surface area contributed by atoms with Crippen LogP contribution in [0.1, 0.15) is 23.3 Å². The van der Waals surface area contributed by atoms with E-state index in [4.69, 9.17) is 14.2 Å². The second-order valence-electron chi connectivity index (χ2n) is 5.29. The SMILES string of the molecule is c1ccc(C2CNCC(c3ccc4c(c3)OCO4)O2)cc1. The third-order valence-corrected chi connectivity index (χ3v) is 3.93. The molecule has 1 fully saturated rings.